The van der Waals surface area contributed by atoms with Crippen LogP contribution in [0.1, 0.15) is 41.9 Å². The second-order valence-corrected chi connectivity index (χ2v) is 7.37. The average molecular weight is 407 g/mol. The van der Waals surface area contributed by atoms with Crippen LogP contribution in [0.15, 0.2) is 66.9 Å². The van der Waals surface area contributed by atoms with Crippen LogP contribution in [0.5, 0.6) is 11.5 Å². The highest BCUT2D eigenvalue weighted by atomic mass is 16.5. The van der Waals surface area contributed by atoms with Gasteiger partial charge in [0.1, 0.15) is 11.5 Å². The number of carbonyl (C=O) groups is 1. The first-order valence-corrected chi connectivity index (χ1v) is 10.3. The van der Waals surface area contributed by atoms with Crippen LogP contribution in [0.25, 0.3) is 0 Å². The summed E-state index contributed by atoms with van der Waals surface area (Å²) in [4.78, 5) is 15.4. The summed E-state index contributed by atoms with van der Waals surface area (Å²) in [6.07, 6.45) is 2.93. The van der Waals surface area contributed by atoms with E-state index in [1.165, 1.54) is 5.56 Å². The summed E-state index contributed by atoms with van der Waals surface area (Å²) in [5, 5.41) is 0. The zero-order valence-electron chi connectivity index (χ0n) is 18.2. The molecule has 1 aromatic heterocycles. The van der Waals surface area contributed by atoms with Crippen molar-refractivity contribution in [2.45, 2.75) is 39.4 Å². The molecule has 30 heavy (non-hydrogen) atoms. The molecule has 0 saturated heterocycles. The van der Waals surface area contributed by atoms with Crippen LogP contribution in [0.3, 0.4) is 0 Å². The monoisotopic (exact) mass is 406 g/mol. The van der Waals surface area contributed by atoms with E-state index >= 15 is 0 Å². The van der Waals surface area contributed by atoms with Crippen LogP contribution in [0.2, 0.25) is 0 Å². The molecule has 0 spiro atoms. The molecular formula is C25H30N2O3. The quantitative estimate of drug-likeness (QED) is 0.503. The zero-order chi connectivity index (χ0) is 21.5. The van der Waals surface area contributed by atoms with Crippen molar-refractivity contribution < 1.29 is 14.3 Å². The summed E-state index contributed by atoms with van der Waals surface area (Å²) < 4.78 is 12.9. The minimum absolute atomic E-state index is 0.0451. The first kappa shape index (κ1) is 21.5. The maximum absolute atomic E-state index is 13.5. The number of amides is 1. The van der Waals surface area contributed by atoms with Gasteiger partial charge >= 0.3 is 0 Å². The van der Waals surface area contributed by atoms with Gasteiger partial charge in [0.05, 0.1) is 26.3 Å². The van der Waals surface area contributed by atoms with Gasteiger partial charge in [0.25, 0.3) is 5.91 Å². The Morgan fingerprint density at radius 1 is 1.03 bits per heavy atom. The number of methoxy groups -OCH3 is 2. The lowest BCUT2D eigenvalue weighted by molar-refractivity contribution is 0.0663. The molecule has 0 aliphatic carbocycles. The molecule has 1 atom stereocenters. The van der Waals surface area contributed by atoms with Gasteiger partial charge in [-0.3, -0.25) is 4.79 Å². The lowest BCUT2D eigenvalue weighted by Gasteiger charge is -2.30. The SMILES string of the molecule is CCC(C)N(Cc1cccn1Cc1ccccc1)C(=O)c1ccc(OC)cc1OC. The van der Waals surface area contributed by atoms with E-state index in [0.29, 0.717) is 23.6 Å². The second-order valence-electron chi connectivity index (χ2n) is 7.37. The fourth-order valence-electron chi connectivity index (χ4n) is 3.48. The first-order chi connectivity index (χ1) is 14.6. The predicted molar refractivity (Wildman–Crippen MR) is 119 cm³/mol. The minimum Gasteiger partial charge on any atom is -0.497 e. The van der Waals surface area contributed by atoms with E-state index in [1.807, 2.05) is 29.2 Å². The zero-order valence-corrected chi connectivity index (χ0v) is 18.2. The molecule has 0 aliphatic rings. The molecule has 5 nitrogen and oxygen atoms in total. The molecule has 0 radical (unpaired) electrons. The highest BCUT2D eigenvalue weighted by molar-refractivity contribution is 5.97. The van der Waals surface area contributed by atoms with Gasteiger partial charge in [0.2, 0.25) is 0 Å². The number of nitrogens with zero attached hydrogens (tertiary/aromatic N) is 2. The van der Waals surface area contributed by atoms with Crippen molar-refractivity contribution in [1.82, 2.24) is 9.47 Å². The van der Waals surface area contributed by atoms with E-state index in [2.05, 4.69) is 42.8 Å². The first-order valence-electron chi connectivity index (χ1n) is 10.3. The molecule has 158 valence electrons. The molecule has 0 fully saturated rings. The molecule has 1 unspecified atom stereocenters. The van der Waals surface area contributed by atoms with E-state index < -0.39 is 0 Å². The maximum atomic E-state index is 13.5. The fourth-order valence-corrected chi connectivity index (χ4v) is 3.48. The number of carbonyl (C=O) groups excluding carboxylic acids is 1. The van der Waals surface area contributed by atoms with Crippen LogP contribution >= 0.6 is 0 Å². The Hall–Kier alpha value is -3.21. The minimum atomic E-state index is -0.0451. The highest BCUT2D eigenvalue weighted by Gasteiger charge is 2.25. The van der Waals surface area contributed by atoms with Crippen LogP contribution in [-0.4, -0.2) is 35.6 Å². The molecule has 3 aromatic rings. The van der Waals surface area contributed by atoms with Crippen LogP contribution < -0.4 is 9.47 Å². The molecule has 3 rings (SSSR count). The normalized spacial score (nSPS) is 11.7. The Balaban J connectivity index is 1.88. The summed E-state index contributed by atoms with van der Waals surface area (Å²) in [6.45, 7) is 5.48. The van der Waals surface area contributed by atoms with Crippen molar-refractivity contribution in [3.8, 4) is 11.5 Å². The number of hydrogen-bond acceptors (Lipinski definition) is 3. The van der Waals surface area contributed by atoms with E-state index in [0.717, 1.165) is 18.7 Å². The molecule has 0 bridgehead atoms. The fraction of sp³-hybridized carbons (Fsp3) is 0.320. The Morgan fingerprint density at radius 2 is 1.80 bits per heavy atom. The third kappa shape index (κ3) is 4.85. The number of aromatic nitrogens is 1. The summed E-state index contributed by atoms with van der Waals surface area (Å²) in [6, 6.07) is 19.9. The van der Waals surface area contributed by atoms with Crippen molar-refractivity contribution in [1.29, 1.82) is 0 Å². The smallest absolute Gasteiger partial charge is 0.258 e. The van der Waals surface area contributed by atoms with Gasteiger partial charge in [0.15, 0.2) is 0 Å². The number of benzene rings is 2. The van der Waals surface area contributed by atoms with Gasteiger partial charge in [-0.25, -0.2) is 0 Å². The molecule has 1 heterocycles. The van der Waals surface area contributed by atoms with E-state index in [9.17, 15) is 4.79 Å². The summed E-state index contributed by atoms with van der Waals surface area (Å²) in [5.41, 5.74) is 2.87. The molecule has 0 saturated carbocycles. The van der Waals surface area contributed by atoms with E-state index in [4.69, 9.17) is 9.47 Å². The summed E-state index contributed by atoms with van der Waals surface area (Å²) in [7, 11) is 3.17. The molecule has 5 heteroatoms. The topological polar surface area (TPSA) is 43.7 Å². The van der Waals surface area contributed by atoms with Crippen molar-refractivity contribution in [2.24, 2.45) is 0 Å². The Bertz CT molecular complexity index is 966. The highest BCUT2D eigenvalue weighted by Crippen LogP contribution is 2.27. The maximum Gasteiger partial charge on any atom is 0.258 e. The van der Waals surface area contributed by atoms with Crippen molar-refractivity contribution >= 4 is 5.91 Å². The van der Waals surface area contributed by atoms with Gasteiger partial charge in [-0.1, -0.05) is 37.3 Å². The third-order valence-corrected chi connectivity index (χ3v) is 5.47. The van der Waals surface area contributed by atoms with Gasteiger partial charge in [-0.15, -0.1) is 0 Å². The predicted octanol–water partition coefficient (Wildman–Crippen LogP) is 4.99. The van der Waals surface area contributed by atoms with Crippen LogP contribution in [0, 0.1) is 0 Å². The van der Waals surface area contributed by atoms with E-state index in [1.54, 1.807) is 32.4 Å². The van der Waals surface area contributed by atoms with Crippen molar-refractivity contribution in [3.63, 3.8) is 0 Å². The summed E-state index contributed by atoms with van der Waals surface area (Å²) in [5.74, 6) is 1.14. The van der Waals surface area contributed by atoms with Gasteiger partial charge in [-0.05, 0) is 43.2 Å². The molecule has 2 aromatic carbocycles. The molecule has 0 N–H and O–H groups in total. The van der Waals surface area contributed by atoms with Crippen molar-refractivity contribution in [3.05, 3.63) is 83.7 Å². The Morgan fingerprint density at radius 3 is 2.47 bits per heavy atom. The second kappa shape index (κ2) is 10.0. The van der Waals surface area contributed by atoms with Gasteiger partial charge in [0, 0.05) is 30.5 Å². The van der Waals surface area contributed by atoms with Crippen molar-refractivity contribution in [2.75, 3.05) is 14.2 Å². The number of hydrogen-bond donors (Lipinski definition) is 0. The molecule has 0 aliphatic heterocycles. The average Bonchev–Trinajstić information content (AvgIpc) is 3.23. The van der Waals surface area contributed by atoms with Crippen LogP contribution in [-0.2, 0) is 13.1 Å². The largest absolute Gasteiger partial charge is 0.497 e. The lowest BCUT2D eigenvalue weighted by atomic mass is 10.1. The number of rotatable bonds is 9. The number of ether oxygens (including phenoxy) is 2. The standard InChI is InChI=1S/C25H30N2O3/c1-5-19(2)27(25(28)23-14-13-22(29-3)16-24(23)30-4)18-21-12-9-15-26(21)17-20-10-7-6-8-11-20/h6-16,19H,5,17-18H2,1-4H3. The van der Waals surface area contributed by atoms with E-state index in [-0.39, 0.29) is 11.9 Å². The molecular weight excluding hydrogens is 376 g/mol. The third-order valence-electron chi connectivity index (χ3n) is 5.47. The summed E-state index contributed by atoms with van der Waals surface area (Å²) >= 11 is 0. The van der Waals surface area contributed by atoms with Gasteiger partial charge in [-0.2, -0.15) is 0 Å². The lowest BCUT2D eigenvalue weighted by Crippen LogP contribution is -2.38. The van der Waals surface area contributed by atoms with Gasteiger partial charge < -0.3 is 18.9 Å². The Kier molecular flexibility index (Phi) is 7.17. The van der Waals surface area contributed by atoms with Crippen LogP contribution in [0.4, 0.5) is 0 Å². The molecule has 1 amide bonds. The Labute approximate surface area is 178 Å².